The van der Waals surface area contributed by atoms with Crippen LogP contribution in [0.5, 0.6) is 5.75 Å². The number of hydrogen-bond donors (Lipinski definition) is 0. The van der Waals surface area contributed by atoms with Crippen molar-refractivity contribution in [3.63, 3.8) is 0 Å². The van der Waals surface area contributed by atoms with Crippen LogP contribution in [0.2, 0.25) is 0 Å². The third-order valence-electron chi connectivity index (χ3n) is 5.52. The van der Waals surface area contributed by atoms with Crippen molar-refractivity contribution in [2.75, 3.05) is 20.2 Å². The van der Waals surface area contributed by atoms with Gasteiger partial charge in [-0.15, -0.1) is 0 Å². The molecule has 3 aromatic rings. The lowest BCUT2D eigenvalue weighted by molar-refractivity contribution is 0.166. The number of likely N-dealkylation sites (tertiary alicyclic amines) is 1. The first-order valence-corrected chi connectivity index (χ1v) is 9.72. The fraction of sp³-hybridized carbons (Fsp3) is 0.364. The Morgan fingerprint density at radius 2 is 1.83 bits per heavy atom. The second-order valence-corrected chi connectivity index (χ2v) is 7.58. The van der Waals surface area contributed by atoms with E-state index in [-0.39, 0.29) is 5.56 Å². The number of nitrogens with zero attached hydrogens (tertiary/aromatic N) is 3. The summed E-state index contributed by atoms with van der Waals surface area (Å²) in [4.78, 5) is 19.4. The largest absolute Gasteiger partial charge is 0.497 e. The standard InChI is InChI=1S/C22H23F2N3O2/c1-29-19-2-3-20-21(11-19)25-14-27(22(20)28)13-15-4-6-26(7-5-15)12-16-8-17(23)10-18(24)9-16/h2-3,8-11,14-15H,4-7,12-13H2,1H3. The zero-order valence-electron chi connectivity index (χ0n) is 16.3. The van der Waals surface area contributed by atoms with Crippen LogP contribution in [0.1, 0.15) is 18.4 Å². The molecule has 0 aliphatic carbocycles. The van der Waals surface area contributed by atoms with E-state index in [1.165, 1.54) is 12.1 Å². The van der Waals surface area contributed by atoms with Crippen LogP contribution < -0.4 is 10.3 Å². The van der Waals surface area contributed by atoms with E-state index < -0.39 is 11.6 Å². The van der Waals surface area contributed by atoms with Gasteiger partial charge >= 0.3 is 0 Å². The Morgan fingerprint density at radius 1 is 1.10 bits per heavy atom. The van der Waals surface area contributed by atoms with E-state index >= 15 is 0 Å². The summed E-state index contributed by atoms with van der Waals surface area (Å²) in [5, 5.41) is 0.582. The number of rotatable bonds is 5. The van der Waals surface area contributed by atoms with E-state index in [1.54, 1.807) is 36.2 Å². The van der Waals surface area contributed by atoms with Gasteiger partial charge in [-0.05, 0) is 61.7 Å². The monoisotopic (exact) mass is 399 g/mol. The van der Waals surface area contributed by atoms with Gasteiger partial charge in [0.05, 0.1) is 24.3 Å². The first kappa shape index (κ1) is 19.5. The summed E-state index contributed by atoms with van der Waals surface area (Å²) in [6.45, 7) is 2.81. The Hall–Kier alpha value is -2.80. The van der Waals surface area contributed by atoms with Crippen LogP contribution >= 0.6 is 0 Å². The topological polar surface area (TPSA) is 47.4 Å². The van der Waals surface area contributed by atoms with Gasteiger partial charge in [-0.2, -0.15) is 0 Å². The van der Waals surface area contributed by atoms with Gasteiger partial charge < -0.3 is 4.74 Å². The van der Waals surface area contributed by atoms with Crippen molar-refractivity contribution in [1.82, 2.24) is 14.5 Å². The van der Waals surface area contributed by atoms with Crippen molar-refractivity contribution >= 4 is 10.9 Å². The molecule has 0 unspecified atom stereocenters. The minimum atomic E-state index is -0.546. The summed E-state index contributed by atoms with van der Waals surface area (Å²) in [5.74, 6) is -0.0511. The summed E-state index contributed by atoms with van der Waals surface area (Å²) in [5.41, 5.74) is 1.23. The van der Waals surface area contributed by atoms with E-state index in [1.807, 2.05) is 0 Å². The molecule has 0 N–H and O–H groups in total. The summed E-state index contributed by atoms with van der Waals surface area (Å²) in [7, 11) is 1.58. The average molecular weight is 399 g/mol. The molecule has 1 aliphatic heterocycles. The van der Waals surface area contributed by atoms with Gasteiger partial charge in [0, 0.05) is 25.2 Å². The normalized spacial score (nSPS) is 15.7. The lowest BCUT2D eigenvalue weighted by atomic mass is 9.96. The highest BCUT2D eigenvalue weighted by Crippen LogP contribution is 2.22. The Bertz CT molecular complexity index is 1060. The molecule has 0 bridgehead atoms. The highest BCUT2D eigenvalue weighted by Gasteiger charge is 2.21. The lowest BCUT2D eigenvalue weighted by Crippen LogP contribution is -2.36. The first-order chi connectivity index (χ1) is 14.0. The van der Waals surface area contributed by atoms with E-state index in [0.29, 0.717) is 41.2 Å². The molecular formula is C22H23F2N3O2. The van der Waals surface area contributed by atoms with Crippen LogP contribution in [0.15, 0.2) is 47.5 Å². The SMILES string of the molecule is COc1ccc2c(=O)n(CC3CCN(Cc4cc(F)cc(F)c4)CC3)cnc2c1. The first-order valence-electron chi connectivity index (χ1n) is 9.72. The highest BCUT2D eigenvalue weighted by atomic mass is 19.1. The summed E-state index contributed by atoms with van der Waals surface area (Å²) in [6, 6.07) is 8.93. The number of ether oxygens (including phenoxy) is 1. The zero-order valence-corrected chi connectivity index (χ0v) is 16.3. The van der Waals surface area contributed by atoms with Crippen molar-refractivity contribution in [3.05, 3.63) is 70.3 Å². The second kappa shape index (κ2) is 8.29. The van der Waals surface area contributed by atoms with Gasteiger partial charge in [0.15, 0.2) is 0 Å². The number of methoxy groups -OCH3 is 1. The quantitative estimate of drug-likeness (QED) is 0.658. The molecule has 0 saturated carbocycles. The summed E-state index contributed by atoms with van der Waals surface area (Å²) in [6.07, 6.45) is 3.45. The van der Waals surface area contributed by atoms with Crippen LogP contribution in [-0.2, 0) is 13.1 Å². The number of hydrogen-bond acceptors (Lipinski definition) is 4. The summed E-state index contributed by atoms with van der Waals surface area (Å²) >= 11 is 0. The van der Waals surface area contributed by atoms with Crippen LogP contribution in [0.25, 0.3) is 10.9 Å². The van der Waals surface area contributed by atoms with Crippen molar-refractivity contribution < 1.29 is 13.5 Å². The number of piperidine rings is 1. The minimum absolute atomic E-state index is 0.0460. The molecule has 1 saturated heterocycles. The van der Waals surface area contributed by atoms with Gasteiger partial charge in [-0.1, -0.05) is 0 Å². The molecule has 0 spiro atoms. The van der Waals surface area contributed by atoms with Crippen molar-refractivity contribution in [2.45, 2.75) is 25.9 Å². The number of halogens is 2. The van der Waals surface area contributed by atoms with E-state index in [4.69, 9.17) is 4.74 Å². The molecule has 0 atom stereocenters. The maximum Gasteiger partial charge on any atom is 0.261 e. The Balaban J connectivity index is 1.39. The predicted molar refractivity (Wildman–Crippen MR) is 107 cm³/mol. The molecule has 152 valence electrons. The molecule has 1 fully saturated rings. The highest BCUT2D eigenvalue weighted by molar-refractivity contribution is 5.78. The fourth-order valence-corrected chi connectivity index (χ4v) is 3.96. The number of fused-ring (bicyclic) bond motifs is 1. The molecule has 29 heavy (non-hydrogen) atoms. The van der Waals surface area contributed by atoms with Crippen molar-refractivity contribution in [2.24, 2.45) is 5.92 Å². The van der Waals surface area contributed by atoms with E-state index in [9.17, 15) is 13.6 Å². The molecule has 4 rings (SSSR count). The van der Waals surface area contributed by atoms with Gasteiger partial charge in [-0.25, -0.2) is 13.8 Å². The third-order valence-corrected chi connectivity index (χ3v) is 5.52. The van der Waals surface area contributed by atoms with E-state index in [0.717, 1.165) is 32.0 Å². The Kier molecular flexibility index (Phi) is 5.58. The molecule has 2 aromatic carbocycles. The van der Waals surface area contributed by atoms with Gasteiger partial charge in [-0.3, -0.25) is 14.3 Å². The van der Waals surface area contributed by atoms with Gasteiger partial charge in [0.25, 0.3) is 5.56 Å². The van der Waals surface area contributed by atoms with Gasteiger partial charge in [0.2, 0.25) is 0 Å². The lowest BCUT2D eigenvalue weighted by Gasteiger charge is -2.32. The zero-order chi connectivity index (χ0) is 20.4. The Labute approximate surface area is 167 Å². The van der Waals surface area contributed by atoms with Crippen LogP contribution in [0.4, 0.5) is 8.78 Å². The minimum Gasteiger partial charge on any atom is -0.497 e. The molecule has 5 nitrogen and oxygen atoms in total. The molecule has 1 aromatic heterocycles. The molecule has 1 aliphatic rings. The molecule has 7 heteroatoms. The van der Waals surface area contributed by atoms with Crippen LogP contribution in [0, 0.1) is 17.6 Å². The van der Waals surface area contributed by atoms with Crippen molar-refractivity contribution in [1.29, 1.82) is 0 Å². The van der Waals surface area contributed by atoms with Crippen molar-refractivity contribution in [3.8, 4) is 5.75 Å². The van der Waals surface area contributed by atoms with Crippen LogP contribution in [-0.4, -0.2) is 34.7 Å². The molecule has 2 heterocycles. The Morgan fingerprint density at radius 3 is 2.52 bits per heavy atom. The van der Waals surface area contributed by atoms with Crippen LogP contribution in [0.3, 0.4) is 0 Å². The number of aromatic nitrogens is 2. The van der Waals surface area contributed by atoms with Gasteiger partial charge in [0.1, 0.15) is 17.4 Å². The van der Waals surface area contributed by atoms with E-state index in [2.05, 4.69) is 9.88 Å². The average Bonchev–Trinajstić information content (AvgIpc) is 2.70. The maximum absolute atomic E-state index is 13.4. The molecular weight excluding hydrogens is 376 g/mol. The fourth-order valence-electron chi connectivity index (χ4n) is 3.96. The molecule has 0 radical (unpaired) electrons. The molecule has 0 amide bonds. The maximum atomic E-state index is 13.4. The smallest absolute Gasteiger partial charge is 0.261 e. The predicted octanol–water partition coefficient (Wildman–Crippen LogP) is 3.60. The second-order valence-electron chi connectivity index (χ2n) is 7.58. The summed E-state index contributed by atoms with van der Waals surface area (Å²) < 4.78 is 33.6. The number of benzene rings is 2. The third kappa shape index (κ3) is 4.45.